The van der Waals surface area contributed by atoms with Crippen LogP contribution < -0.4 is 10.2 Å². The Morgan fingerprint density at radius 3 is 3.06 bits per heavy atom. The first kappa shape index (κ1) is 11.1. The lowest BCUT2D eigenvalue weighted by Gasteiger charge is -2.35. The zero-order valence-electron chi connectivity index (χ0n) is 10.5. The third kappa shape index (κ3) is 2.47. The SMILES string of the molecule is c1ccc2c(c1)CCCN2C[C@@H]1CCCNC1. The Morgan fingerprint density at radius 1 is 1.24 bits per heavy atom. The number of hydrogen-bond donors (Lipinski definition) is 1. The number of rotatable bonds is 2. The van der Waals surface area contributed by atoms with Crippen molar-refractivity contribution in [2.75, 3.05) is 31.1 Å². The summed E-state index contributed by atoms with van der Waals surface area (Å²) in [5, 5.41) is 3.52. The fourth-order valence-corrected chi connectivity index (χ4v) is 3.19. The zero-order chi connectivity index (χ0) is 11.5. The molecule has 0 unspecified atom stereocenters. The summed E-state index contributed by atoms with van der Waals surface area (Å²) in [5.41, 5.74) is 3.03. The Labute approximate surface area is 104 Å². The first-order valence-electron chi connectivity index (χ1n) is 6.97. The van der Waals surface area contributed by atoms with E-state index in [0.29, 0.717) is 0 Å². The molecule has 17 heavy (non-hydrogen) atoms. The lowest BCUT2D eigenvalue weighted by atomic mass is 9.96. The van der Waals surface area contributed by atoms with Crippen molar-refractivity contribution in [1.82, 2.24) is 5.32 Å². The topological polar surface area (TPSA) is 15.3 Å². The monoisotopic (exact) mass is 230 g/mol. The van der Waals surface area contributed by atoms with Crippen molar-refractivity contribution in [1.29, 1.82) is 0 Å². The summed E-state index contributed by atoms with van der Waals surface area (Å²) >= 11 is 0. The van der Waals surface area contributed by atoms with Gasteiger partial charge in [-0.3, -0.25) is 0 Å². The summed E-state index contributed by atoms with van der Waals surface area (Å²) in [5.74, 6) is 0.843. The maximum atomic E-state index is 3.52. The molecule has 1 aromatic carbocycles. The molecule has 0 radical (unpaired) electrons. The largest absolute Gasteiger partial charge is 0.371 e. The van der Waals surface area contributed by atoms with Crippen molar-refractivity contribution in [3.05, 3.63) is 29.8 Å². The molecule has 3 rings (SSSR count). The highest BCUT2D eigenvalue weighted by Crippen LogP contribution is 2.28. The minimum atomic E-state index is 0.843. The maximum Gasteiger partial charge on any atom is 0.0398 e. The molecule has 0 aromatic heterocycles. The molecular formula is C15H22N2. The van der Waals surface area contributed by atoms with Gasteiger partial charge in [0.25, 0.3) is 0 Å². The smallest absolute Gasteiger partial charge is 0.0398 e. The Morgan fingerprint density at radius 2 is 2.18 bits per heavy atom. The van der Waals surface area contributed by atoms with Crippen LogP contribution in [0, 0.1) is 5.92 Å². The molecule has 0 bridgehead atoms. The van der Waals surface area contributed by atoms with E-state index in [0.717, 1.165) is 5.92 Å². The average molecular weight is 230 g/mol. The summed E-state index contributed by atoms with van der Waals surface area (Å²) in [4.78, 5) is 2.61. The predicted octanol–water partition coefficient (Wildman–Crippen LogP) is 2.44. The van der Waals surface area contributed by atoms with Crippen LogP contribution in [0.4, 0.5) is 5.69 Å². The van der Waals surface area contributed by atoms with E-state index in [1.54, 1.807) is 5.56 Å². The van der Waals surface area contributed by atoms with Crippen LogP contribution in [0.3, 0.4) is 0 Å². The van der Waals surface area contributed by atoms with Gasteiger partial charge in [0.15, 0.2) is 0 Å². The van der Waals surface area contributed by atoms with E-state index in [1.807, 2.05) is 0 Å². The standard InChI is InChI=1S/C15H22N2/c1-2-8-15-14(6-1)7-4-10-17(15)12-13-5-3-9-16-11-13/h1-2,6,8,13,16H,3-5,7,9-12H2/t13-/m1/s1. The highest BCUT2D eigenvalue weighted by Gasteiger charge is 2.21. The highest BCUT2D eigenvalue weighted by molar-refractivity contribution is 5.55. The van der Waals surface area contributed by atoms with Crippen molar-refractivity contribution in [3.63, 3.8) is 0 Å². The van der Waals surface area contributed by atoms with E-state index in [2.05, 4.69) is 34.5 Å². The van der Waals surface area contributed by atoms with E-state index in [4.69, 9.17) is 0 Å². The highest BCUT2D eigenvalue weighted by atomic mass is 15.1. The number of nitrogens with one attached hydrogen (secondary N) is 1. The minimum absolute atomic E-state index is 0.843. The quantitative estimate of drug-likeness (QED) is 0.839. The van der Waals surface area contributed by atoms with Gasteiger partial charge in [0.1, 0.15) is 0 Å². The third-order valence-corrected chi connectivity index (χ3v) is 4.08. The van der Waals surface area contributed by atoms with Crippen molar-refractivity contribution in [3.8, 4) is 0 Å². The van der Waals surface area contributed by atoms with Crippen LogP contribution in [0.15, 0.2) is 24.3 Å². The van der Waals surface area contributed by atoms with Gasteiger partial charge in [-0.1, -0.05) is 18.2 Å². The summed E-state index contributed by atoms with van der Waals surface area (Å²) in [6.07, 6.45) is 5.32. The molecule has 1 atom stereocenters. The molecule has 1 N–H and O–H groups in total. The summed E-state index contributed by atoms with van der Waals surface area (Å²) in [6.45, 7) is 4.91. The molecular weight excluding hydrogens is 208 g/mol. The normalized spacial score (nSPS) is 24.5. The molecule has 0 spiro atoms. The molecule has 1 aromatic rings. The number of hydrogen-bond acceptors (Lipinski definition) is 2. The molecule has 2 heterocycles. The van der Waals surface area contributed by atoms with Crippen molar-refractivity contribution in [2.24, 2.45) is 5.92 Å². The average Bonchev–Trinajstić information content (AvgIpc) is 2.40. The number of benzene rings is 1. The number of para-hydroxylation sites is 1. The first-order chi connectivity index (χ1) is 8.43. The van der Waals surface area contributed by atoms with Gasteiger partial charge in [0, 0.05) is 18.8 Å². The molecule has 2 aliphatic rings. The number of piperidine rings is 1. The summed E-state index contributed by atoms with van der Waals surface area (Å²) in [6, 6.07) is 8.94. The van der Waals surface area contributed by atoms with E-state index in [9.17, 15) is 0 Å². The van der Waals surface area contributed by atoms with Crippen molar-refractivity contribution >= 4 is 5.69 Å². The van der Waals surface area contributed by atoms with Gasteiger partial charge >= 0.3 is 0 Å². The predicted molar refractivity (Wildman–Crippen MR) is 72.6 cm³/mol. The van der Waals surface area contributed by atoms with Gasteiger partial charge in [-0.05, 0) is 56.3 Å². The van der Waals surface area contributed by atoms with Crippen LogP contribution in [-0.2, 0) is 6.42 Å². The molecule has 2 heteroatoms. The van der Waals surface area contributed by atoms with Gasteiger partial charge in [-0.15, -0.1) is 0 Å². The van der Waals surface area contributed by atoms with Crippen LogP contribution in [-0.4, -0.2) is 26.2 Å². The second-order valence-corrected chi connectivity index (χ2v) is 5.39. The summed E-state index contributed by atoms with van der Waals surface area (Å²) in [7, 11) is 0. The Balaban J connectivity index is 1.71. The number of nitrogens with zero attached hydrogens (tertiary/aromatic N) is 1. The first-order valence-corrected chi connectivity index (χ1v) is 6.97. The lowest BCUT2D eigenvalue weighted by Crippen LogP contribution is -2.40. The second kappa shape index (κ2) is 5.09. The number of aryl methyl sites for hydroxylation is 1. The van der Waals surface area contributed by atoms with Crippen molar-refractivity contribution in [2.45, 2.75) is 25.7 Å². The van der Waals surface area contributed by atoms with Crippen LogP contribution in [0.25, 0.3) is 0 Å². The maximum absolute atomic E-state index is 3.52. The van der Waals surface area contributed by atoms with Crippen molar-refractivity contribution < 1.29 is 0 Å². The number of anilines is 1. The van der Waals surface area contributed by atoms with E-state index in [1.165, 1.54) is 57.5 Å². The molecule has 0 saturated carbocycles. The molecule has 0 amide bonds. The van der Waals surface area contributed by atoms with Gasteiger partial charge in [-0.25, -0.2) is 0 Å². The molecule has 2 aliphatic heterocycles. The van der Waals surface area contributed by atoms with Crippen LogP contribution in [0.2, 0.25) is 0 Å². The Bertz CT molecular complexity index is 369. The number of fused-ring (bicyclic) bond motifs is 1. The van der Waals surface area contributed by atoms with Gasteiger partial charge < -0.3 is 10.2 Å². The van der Waals surface area contributed by atoms with E-state index >= 15 is 0 Å². The van der Waals surface area contributed by atoms with E-state index in [-0.39, 0.29) is 0 Å². The zero-order valence-corrected chi connectivity index (χ0v) is 10.5. The Kier molecular flexibility index (Phi) is 3.32. The van der Waals surface area contributed by atoms with Crippen LogP contribution in [0.1, 0.15) is 24.8 Å². The van der Waals surface area contributed by atoms with Gasteiger partial charge in [-0.2, -0.15) is 0 Å². The molecule has 92 valence electrons. The molecule has 1 fully saturated rings. The minimum Gasteiger partial charge on any atom is -0.371 e. The van der Waals surface area contributed by atoms with Gasteiger partial charge in [0.05, 0.1) is 0 Å². The van der Waals surface area contributed by atoms with E-state index < -0.39 is 0 Å². The lowest BCUT2D eigenvalue weighted by molar-refractivity contribution is 0.374. The summed E-state index contributed by atoms with van der Waals surface area (Å²) < 4.78 is 0. The fourth-order valence-electron chi connectivity index (χ4n) is 3.19. The molecule has 1 saturated heterocycles. The third-order valence-electron chi connectivity index (χ3n) is 4.08. The molecule has 2 nitrogen and oxygen atoms in total. The molecule has 0 aliphatic carbocycles. The van der Waals surface area contributed by atoms with Crippen LogP contribution >= 0.6 is 0 Å². The Hall–Kier alpha value is -1.02. The van der Waals surface area contributed by atoms with Crippen LogP contribution in [0.5, 0.6) is 0 Å². The fraction of sp³-hybridized carbons (Fsp3) is 0.600. The second-order valence-electron chi connectivity index (χ2n) is 5.39. The van der Waals surface area contributed by atoms with Gasteiger partial charge in [0.2, 0.25) is 0 Å².